The smallest absolute Gasteiger partial charge is 0.389 e. The van der Waals surface area contributed by atoms with E-state index < -0.39 is 18.6 Å². The molecule has 1 aromatic rings. The van der Waals surface area contributed by atoms with E-state index in [1.807, 2.05) is 0 Å². The standard InChI is InChI=1S/C9H12F3N3O2S/c1-6-13-14-8(18-5-7(16)17)15(6)4-2-3-9(10,11)12/h2-5H2,1H3,(H,16,17). The third kappa shape index (κ3) is 4.94. The van der Waals surface area contributed by atoms with Crippen LogP contribution in [-0.2, 0) is 11.3 Å². The van der Waals surface area contributed by atoms with Gasteiger partial charge in [-0.05, 0) is 13.3 Å². The number of carbonyl (C=O) groups is 1. The van der Waals surface area contributed by atoms with E-state index >= 15 is 0 Å². The SMILES string of the molecule is Cc1nnc(SCC(=O)O)n1CCCC(F)(F)F. The molecule has 0 spiro atoms. The van der Waals surface area contributed by atoms with Gasteiger partial charge in [0, 0.05) is 13.0 Å². The molecule has 18 heavy (non-hydrogen) atoms. The van der Waals surface area contributed by atoms with E-state index in [9.17, 15) is 18.0 Å². The summed E-state index contributed by atoms with van der Waals surface area (Å²) in [6.45, 7) is 1.74. The number of halogens is 3. The highest BCUT2D eigenvalue weighted by Crippen LogP contribution is 2.23. The van der Waals surface area contributed by atoms with Gasteiger partial charge in [0.25, 0.3) is 0 Å². The molecule has 0 radical (unpaired) electrons. The lowest BCUT2D eigenvalue weighted by Crippen LogP contribution is -2.11. The van der Waals surface area contributed by atoms with Gasteiger partial charge in [-0.3, -0.25) is 4.79 Å². The minimum Gasteiger partial charge on any atom is -0.481 e. The number of aromatic nitrogens is 3. The normalized spacial score (nSPS) is 11.8. The summed E-state index contributed by atoms with van der Waals surface area (Å²) < 4.78 is 37.5. The van der Waals surface area contributed by atoms with Crippen LogP contribution in [0.15, 0.2) is 5.16 Å². The molecule has 1 N–H and O–H groups in total. The molecule has 0 aliphatic rings. The van der Waals surface area contributed by atoms with Crippen LogP contribution in [0.3, 0.4) is 0 Å². The lowest BCUT2D eigenvalue weighted by atomic mass is 10.3. The predicted octanol–water partition coefficient (Wildman–Crippen LogP) is 2.11. The first-order valence-corrected chi connectivity index (χ1v) is 6.09. The van der Waals surface area contributed by atoms with Crippen LogP contribution in [0.5, 0.6) is 0 Å². The molecule has 0 bridgehead atoms. The number of hydrogen-bond donors (Lipinski definition) is 1. The molecule has 0 aliphatic carbocycles. The topological polar surface area (TPSA) is 68.0 Å². The Morgan fingerprint density at radius 3 is 2.67 bits per heavy atom. The summed E-state index contributed by atoms with van der Waals surface area (Å²) in [5, 5.41) is 16.3. The molecule has 9 heteroatoms. The Hall–Kier alpha value is -1.25. The first-order chi connectivity index (χ1) is 8.29. The van der Waals surface area contributed by atoms with Crippen molar-refractivity contribution in [2.45, 2.75) is 37.6 Å². The maximum atomic E-state index is 12.0. The van der Waals surface area contributed by atoms with Crippen molar-refractivity contribution >= 4 is 17.7 Å². The van der Waals surface area contributed by atoms with Crippen molar-refractivity contribution in [2.24, 2.45) is 0 Å². The van der Waals surface area contributed by atoms with Crippen LogP contribution in [0.1, 0.15) is 18.7 Å². The van der Waals surface area contributed by atoms with Crippen molar-refractivity contribution in [3.63, 3.8) is 0 Å². The average Bonchev–Trinajstić information content (AvgIpc) is 2.56. The summed E-state index contributed by atoms with van der Waals surface area (Å²) in [7, 11) is 0. The summed E-state index contributed by atoms with van der Waals surface area (Å²) in [6.07, 6.45) is -5.15. The third-order valence-electron chi connectivity index (χ3n) is 2.07. The maximum Gasteiger partial charge on any atom is 0.389 e. The van der Waals surface area contributed by atoms with E-state index in [1.54, 1.807) is 6.92 Å². The first kappa shape index (κ1) is 14.8. The number of hydrogen-bond acceptors (Lipinski definition) is 4. The highest BCUT2D eigenvalue weighted by atomic mass is 32.2. The van der Waals surface area contributed by atoms with Crippen molar-refractivity contribution in [1.82, 2.24) is 14.8 Å². The molecule has 1 aromatic heterocycles. The molecule has 102 valence electrons. The largest absolute Gasteiger partial charge is 0.481 e. The summed E-state index contributed by atoms with van der Waals surface area (Å²) in [4.78, 5) is 10.4. The van der Waals surface area contributed by atoms with E-state index in [1.165, 1.54) is 4.57 Å². The Bertz CT molecular complexity index is 420. The molecule has 0 atom stereocenters. The number of thioether (sulfide) groups is 1. The Kier molecular flexibility index (Phi) is 5.00. The second kappa shape index (κ2) is 6.07. The number of aryl methyl sites for hydroxylation is 1. The van der Waals surface area contributed by atoms with Gasteiger partial charge in [0.15, 0.2) is 5.16 Å². The third-order valence-corrected chi connectivity index (χ3v) is 3.02. The summed E-state index contributed by atoms with van der Waals surface area (Å²) in [6, 6.07) is 0. The number of carboxylic acid groups (broad SMARTS) is 1. The Morgan fingerprint density at radius 2 is 2.11 bits per heavy atom. The number of aliphatic carboxylic acids is 1. The highest BCUT2D eigenvalue weighted by Gasteiger charge is 2.26. The second-order valence-corrected chi connectivity index (χ2v) is 4.53. The van der Waals surface area contributed by atoms with Crippen LogP contribution < -0.4 is 0 Å². The zero-order chi connectivity index (χ0) is 13.8. The van der Waals surface area contributed by atoms with Crippen molar-refractivity contribution in [1.29, 1.82) is 0 Å². The fourth-order valence-electron chi connectivity index (χ4n) is 1.29. The maximum absolute atomic E-state index is 12.0. The highest BCUT2D eigenvalue weighted by molar-refractivity contribution is 7.99. The molecule has 5 nitrogen and oxygen atoms in total. The molecule has 0 aliphatic heterocycles. The number of alkyl halides is 3. The minimum absolute atomic E-state index is 0.0803. The van der Waals surface area contributed by atoms with Gasteiger partial charge in [-0.25, -0.2) is 0 Å². The minimum atomic E-state index is -4.18. The van der Waals surface area contributed by atoms with Gasteiger partial charge in [0.2, 0.25) is 0 Å². The molecule has 1 heterocycles. The van der Waals surface area contributed by atoms with E-state index in [-0.39, 0.29) is 18.7 Å². The fraction of sp³-hybridized carbons (Fsp3) is 0.667. The first-order valence-electron chi connectivity index (χ1n) is 5.11. The van der Waals surface area contributed by atoms with Crippen molar-refractivity contribution in [3.05, 3.63) is 5.82 Å². The number of nitrogens with zero attached hydrogens (tertiary/aromatic N) is 3. The fourth-order valence-corrected chi connectivity index (χ4v) is 2.02. The molecule has 0 saturated heterocycles. The van der Waals surface area contributed by atoms with Crippen LogP contribution in [0, 0.1) is 6.92 Å². The zero-order valence-corrected chi connectivity index (χ0v) is 10.4. The van der Waals surface area contributed by atoms with E-state index in [0.717, 1.165) is 11.8 Å². The molecule has 0 unspecified atom stereocenters. The van der Waals surface area contributed by atoms with Gasteiger partial charge in [-0.1, -0.05) is 11.8 Å². The number of carboxylic acids is 1. The molecule has 1 rings (SSSR count). The van der Waals surface area contributed by atoms with Gasteiger partial charge in [-0.2, -0.15) is 13.2 Å². The van der Waals surface area contributed by atoms with Gasteiger partial charge >= 0.3 is 12.1 Å². The van der Waals surface area contributed by atoms with Crippen molar-refractivity contribution in [2.75, 3.05) is 5.75 Å². The second-order valence-electron chi connectivity index (χ2n) is 3.58. The lowest BCUT2D eigenvalue weighted by molar-refractivity contribution is -0.136. The molecular formula is C9H12F3N3O2S. The van der Waals surface area contributed by atoms with Crippen molar-refractivity contribution < 1.29 is 23.1 Å². The molecule has 0 fully saturated rings. The lowest BCUT2D eigenvalue weighted by Gasteiger charge is -2.09. The van der Waals surface area contributed by atoms with Crippen LogP contribution >= 0.6 is 11.8 Å². The van der Waals surface area contributed by atoms with Crippen molar-refractivity contribution in [3.8, 4) is 0 Å². The van der Waals surface area contributed by atoms with Gasteiger partial charge in [0.05, 0.1) is 5.75 Å². The summed E-state index contributed by atoms with van der Waals surface area (Å²) in [5.41, 5.74) is 0. The molecule has 0 aromatic carbocycles. The van der Waals surface area contributed by atoms with Crippen LogP contribution in [0.4, 0.5) is 13.2 Å². The monoisotopic (exact) mass is 283 g/mol. The van der Waals surface area contributed by atoms with E-state index in [2.05, 4.69) is 10.2 Å². The number of rotatable bonds is 6. The van der Waals surface area contributed by atoms with Crippen LogP contribution in [0.25, 0.3) is 0 Å². The Balaban J connectivity index is 2.58. The van der Waals surface area contributed by atoms with E-state index in [0.29, 0.717) is 11.0 Å². The quantitative estimate of drug-likeness (QED) is 0.810. The average molecular weight is 283 g/mol. The van der Waals surface area contributed by atoms with Gasteiger partial charge < -0.3 is 9.67 Å². The van der Waals surface area contributed by atoms with Gasteiger partial charge in [0.1, 0.15) is 5.82 Å². The van der Waals surface area contributed by atoms with Gasteiger partial charge in [-0.15, -0.1) is 10.2 Å². The molecule has 0 amide bonds. The Morgan fingerprint density at radius 1 is 1.44 bits per heavy atom. The van der Waals surface area contributed by atoms with Crippen LogP contribution in [-0.4, -0.2) is 37.8 Å². The molecular weight excluding hydrogens is 271 g/mol. The predicted molar refractivity (Wildman–Crippen MR) is 58.4 cm³/mol. The zero-order valence-electron chi connectivity index (χ0n) is 9.57. The van der Waals surface area contributed by atoms with Crippen LogP contribution in [0.2, 0.25) is 0 Å². The summed E-state index contributed by atoms with van der Waals surface area (Å²) in [5.74, 6) is -0.732. The van der Waals surface area contributed by atoms with E-state index in [4.69, 9.17) is 5.11 Å². The summed E-state index contributed by atoms with van der Waals surface area (Å²) >= 11 is 0.942. The Labute approximate surface area is 105 Å². The molecule has 0 saturated carbocycles.